The molecule has 3 rings (SSSR count). The van der Waals surface area contributed by atoms with Gasteiger partial charge in [-0.05, 0) is 11.1 Å². The highest BCUT2D eigenvalue weighted by molar-refractivity contribution is 5.76. The van der Waals surface area contributed by atoms with Gasteiger partial charge in [0.05, 0.1) is 6.54 Å². The average Bonchev–Trinajstić information content (AvgIpc) is 3.12. The number of hydrogen-bond donors (Lipinski definition) is 2. The van der Waals surface area contributed by atoms with E-state index >= 15 is 0 Å². The Morgan fingerprint density at radius 1 is 0.923 bits per heavy atom. The first-order chi connectivity index (χ1) is 12.8. The highest BCUT2D eigenvalue weighted by atomic mass is 16.1. The summed E-state index contributed by atoms with van der Waals surface area (Å²) in [5.41, 5.74) is 2.35. The van der Waals surface area contributed by atoms with Gasteiger partial charge in [0.1, 0.15) is 5.82 Å². The molecule has 0 saturated carbocycles. The summed E-state index contributed by atoms with van der Waals surface area (Å²) in [6.07, 6.45) is 4.25. The third kappa shape index (κ3) is 5.57. The summed E-state index contributed by atoms with van der Waals surface area (Å²) in [6.45, 7) is 2.64. The molecule has 3 aromatic rings. The molecule has 1 aromatic heterocycles. The van der Waals surface area contributed by atoms with Gasteiger partial charge in [0.2, 0.25) is 5.91 Å². The smallest absolute Gasteiger partial charge is 0.221 e. The maximum Gasteiger partial charge on any atom is 0.221 e. The lowest BCUT2D eigenvalue weighted by molar-refractivity contribution is -0.121. The van der Waals surface area contributed by atoms with Crippen LogP contribution < -0.4 is 10.6 Å². The van der Waals surface area contributed by atoms with Gasteiger partial charge in [-0.3, -0.25) is 4.79 Å². The second-order valence-electron chi connectivity index (χ2n) is 6.15. The van der Waals surface area contributed by atoms with Crippen LogP contribution in [0.3, 0.4) is 0 Å². The number of aromatic nitrogens is 2. The van der Waals surface area contributed by atoms with E-state index in [0.717, 1.165) is 17.9 Å². The SMILES string of the molecule is O=C(CCNCc1nccn1Cc1ccccc1)NCc1ccccc1. The van der Waals surface area contributed by atoms with Crippen molar-refractivity contribution in [2.45, 2.75) is 26.1 Å². The van der Waals surface area contributed by atoms with Gasteiger partial charge in [0.15, 0.2) is 0 Å². The van der Waals surface area contributed by atoms with Crippen molar-refractivity contribution in [1.29, 1.82) is 0 Å². The fourth-order valence-corrected chi connectivity index (χ4v) is 2.72. The molecule has 0 fully saturated rings. The first-order valence-electron chi connectivity index (χ1n) is 8.86. The third-order valence-electron chi connectivity index (χ3n) is 4.14. The largest absolute Gasteiger partial charge is 0.352 e. The predicted molar refractivity (Wildman–Crippen MR) is 102 cm³/mol. The van der Waals surface area contributed by atoms with Crippen molar-refractivity contribution in [2.75, 3.05) is 6.54 Å². The number of amides is 1. The van der Waals surface area contributed by atoms with E-state index in [9.17, 15) is 4.79 Å². The van der Waals surface area contributed by atoms with E-state index in [1.165, 1.54) is 5.56 Å². The quantitative estimate of drug-likeness (QED) is 0.585. The minimum atomic E-state index is 0.0500. The molecule has 0 saturated heterocycles. The van der Waals surface area contributed by atoms with E-state index in [4.69, 9.17) is 0 Å². The molecule has 0 aliphatic carbocycles. The van der Waals surface area contributed by atoms with E-state index < -0.39 is 0 Å². The first kappa shape index (κ1) is 17.9. The number of hydrogen-bond acceptors (Lipinski definition) is 3. The van der Waals surface area contributed by atoms with Crippen LogP contribution in [0.5, 0.6) is 0 Å². The molecule has 26 heavy (non-hydrogen) atoms. The number of rotatable bonds is 9. The van der Waals surface area contributed by atoms with Crippen molar-refractivity contribution in [3.05, 3.63) is 90.0 Å². The van der Waals surface area contributed by atoms with E-state index in [1.807, 2.05) is 60.9 Å². The van der Waals surface area contributed by atoms with Gasteiger partial charge in [0, 0.05) is 38.4 Å². The van der Waals surface area contributed by atoms with Crippen molar-refractivity contribution in [2.24, 2.45) is 0 Å². The lowest BCUT2D eigenvalue weighted by atomic mass is 10.2. The summed E-state index contributed by atoms with van der Waals surface area (Å²) in [5, 5.41) is 6.24. The topological polar surface area (TPSA) is 59.0 Å². The van der Waals surface area contributed by atoms with Crippen LogP contribution in [0.4, 0.5) is 0 Å². The van der Waals surface area contributed by atoms with Crippen LogP contribution in [-0.2, 0) is 24.4 Å². The maximum atomic E-state index is 11.9. The second kappa shape index (κ2) is 9.53. The normalized spacial score (nSPS) is 10.6. The third-order valence-corrected chi connectivity index (χ3v) is 4.14. The Bertz CT molecular complexity index is 799. The van der Waals surface area contributed by atoms with Gasteiger partial charge in [-0.2, -0.15) is 0 Å². The lowest BCUT2D eigenvalue weighted by Crippen LogP contribution is -2.27. The Morgan fingerprint density at radius 2 is 1.62 bits per heavy atom. The van der Waals surface area contributed by atoms with E-state index in [0.29, 0.717) is 26.1 Å². The molecular formula is C21H24N4O. The van der Waals surface area contributed by atoms with Gasteiger partial charge >= 0.3 is 0 Å². The fourth-order valence-electron chi connectivity index (χ4n) is 2.72. The fraction of sp³-hybridized carbons (Fsp3) is 0.238. The van der Waals surface area contributed by atoms with Crippen LogP contribution in [0.25, 0.3) is 0 Å². The first-order valence-corrected chi connectivity index (χ1v) is 8.86. The average molecular weight is 348 g/mol. The monoisotopic (exact) mass is 348 g/mol. The Kier molecular flexibility index (Phi) is 6.56. The predicted octanol–water partition coefficient (Wildman–Crippen LogP) is 2.73. The van der Waals surface area contributed by atoms with Gasteiger partial charge in [-0.1, -0.05) is 60.7 Å². The summed E-state index contributed by atoms with van der Waals surface area (Å²) in [7, 11) is 0. The van der Waals surface area contributed by atoms with Gasteiger partial charge in [-0.25, -0.2) is 4.98 Å². The molecule has 0 bridgehead atoms. The summed E-state index contributed by atoms with van der Waals surface area (Å²) >= 11 is 0. The van der Waals surface area contributed by atoms with Crippen LogP contribution in [0, 0.1) is 0 Å². The molecule has 0 unspecified atom stereocenters. The van der Waals surface area contributed by atoms with Crippen molar-refractivity contribution < 1.29 is 4.79 Å². The van der Waals surface area contributed by atoms with Crippen molar-refractivity contribution in [1.82, 2.24) is 20.2 Å². The molecule has 1 heterocycles. The zero-order chi connectivity index (χ0) is 18.0. The standard InChI is InChI=1S/C21H24N4O/c26-21(24-15-18-7-3-1-4-8-18)11-12-22-16-20-23-13-14-25(20)17-19-9-5-2-6-10-19/h1-10,13-14,22H,11-12,15-17H2,(H,24,26). The van der Waals surface area contributed by atoms with Crippen LogP contribution in [-0.4, -0.2) is 22.0 Å². The molecule has 0 aliphatic heterocycles. The van der Waals surface area contributed by atoms with Gasteiger partial charge in [0.25, 0.3) is 0 Å². The highest BCUT2D eigenvalue weighted by Gasteiger charge is 2.05. The summed E-state index contributed by atoms with van der Waals surface area (Å²) in [5.74, 6) is 1.02. The minimum absolute atomic E-state index is 0.0500. The zero-order valence-corrected chi connectivity index (χ0v) is 14.8. The van der Waals surface area contributed by atoms with E-state index in [-0.39, 0.29) is 5.91 Å². The van der Waals surface area contributed by atoms with Gasteiger partial charge in [-0.15, -0.1) is 0 Å². The molecular weight excluding hydrogens is 324 g/mol. The summed E-state index contributed by atoms with van der Waals surface area (Å²) < 4.78 is 2.12. The second-order valence-corrected chi connectivity index (χ2v) is 6.15. The van der Waals surface area contributed by atoms with Crippen LogP contribution in [0.2, 0.25) is 0 Å². The summed E-state index contributed by atoms with van der Waals surface area (Å²) in [6, 6.07) is 20.2. The lowest BCUT2D eigenvalue weighted by Gasteiger charge is -2.09. The number of nitrogens with zero attached hydrogens (tertiary/aromatic N) is 2. The van der Waals surface area contributed by atoms with Crippen LogP contribution in [0.15, 0.2) is 73.1 Å². The zero-order valence-electron chi connectivity index (χ0n) is 14.8. The molecule has 1 amide bonds. The molecule has 2 N–H and O–H groups in total. The molecule has 5 nitrogen and oxygen atoms in total. The van der Waals surface area contributed by atoms with Crippen molar-refractivity contribution in [3.63, 3.8) is 0 Å². The van der Waals surface area contributed by atoms with Gasteiger partial charge < -0.3 is 15.2 Å². The molecule has 134 valence electrons. The highest BCUT2D eigenvalue weighted by Crippen LogP contribution is 2.05. The Labute approximate surface area is 154 Å². The molecule has 0 aliphatic rings. The van der Waals surface area contributed by atoms with E-state index in [2.05, 4.69) is 32.3 Å². The maximum absolute atomic E-state index is 11.9. The Hall–Kier alpha value is -2.92. The van der Waals surface area contributed by atoms with Crippen molar-refractivity contribution >= 4 is 5.91 Å². The Balaban J connectivity index is 1.37. The minimum Gasteiger partial charge on any atom is -0.352 e. The number of carbonyl (C=O) groups is 1. The number of imidazole rings is 1. The van der Waals surface area contributed by atoms with Crippen LogP contribution in [0.1, 0.15) is 23.4 Å². The molecule has 5 heteroatoms. The summed E-state index contributed by atoms with van der Waals surface area (Å²) in [4.78, 5) is 16.3. The van der Waals surface area contributed by atoms with Crippen LogP contribution >= 0.6 is 0 Å². The molecule has 0 radical (unpaired) electrons. The number of carbonyl (C=O) groups excluding carboxylic acids is 1. The molecule has 0 atom stereocenters. The molecule has 0 spiro atoms. The number of nitrogens with one attached hydrogen (secondary N) is 2. The van der Waals surface area contributed by atoms with E-state index in [1.54, 1.807) is 0 Å². The number of benzene rings is 2. The molecule has 2 aromatic carbocycles. The Morgan fingerprint density at radius 3 is 2.35 bits per heavy atom. The van der Waals surface area contributed by atoms with Crippen molar-refractivity contribution in [3.8, 4) is 0 Å².